The molecule has 0 N–H and O–H groups in total. The number of halogens is 1. The largest absolute Gasteiger partial charge is 0.453 e. The smallest absolute Gasteiger partial charge is 0.180 e. The Kier molecular flexibility index (Phi) is 3.98. The number of hydrogen-bond acceptors (Lipinski definition) is 2. The summed E-state index contributed by atoms with van der Waals surface area (Å²) < 4.78 is 4.66. The molecule has 0 aromatic rings. The Morgan fingerprint density at radius 2 is 2.12 bits per heavy atom. The van der Waals surface area contributed by atoms with Crippen LogP contribution in [0.2, 0.25) is 0 Å². The average Bonchev–Trinajstić information content (AvgIpc) is 1.90. The van der Waals surface area contributed by atoms with E-state index >= 15 is 0 Å². The standard InChI is InChI=1S/C5H5NO.ClH/c1-2-4-7-5-6-3-1;/h1-5H;1H. The fourth-order valence-electron chi connectivity index (χ4n) is 0.296. The predicted octanol–water partition coefficient (Wildman–Crippen LogP) is 1.49. The van der Waals surface area contributed by atoms with E-state index in [0.29, 0.717) is 0 Å². The van der Waals surface area contributed by atoms with Gasteiger partial charge in [0, 0.05) is 6.20 Å². The van der Waals surface area contributed by atoms with Crippen molar-refractivity contribution < 1.29 is 4.74 Å². The first-order valence-corrected chi connectivity index (χ1v) is 1.99. The first-order valence-electron chi connectivity index (χ1n) is 1.99. The van der Waals surface area contributed by atoms with Crippen LogP contribution in [0.25, 0.3) is 0 Å². The lowest BCUT2D eigenvalue weighted by Gasteiger charge is -1.78. The zero-order valence-corrected chi connectivity index (χ0v) is 4.97. The van der Waals surface area contributed by atoms with Crippen LogP contribution in [0.5, 0.6) is 0 Å². The van der Waals surface area contributed by atoms with Gasteiger partial charge in [-0.05, 0) is 12.2 Å². The Hall–Kier alpha value is -0.760. The van der Waals surface area contributed by atoms with Crippen LogP contribution >= 0.6 is 12.4 Å². The minimum atomic E-state index is 0. The van der Waals surface area contributed by atoms with Crippen LogP contribution in [0.1, 0.15) is 0 Å². The van der Waals surface area contributed by atoms with Gasteiger partial charge in [0.1, 0.15) is 0 Å². The van der Waals surface area contributed by atoms with Crippen LogP contribution in [-0.2, 0) is 4.74 Å². The van der Waals surface area contributed by atoms with Gasteiger partial charge in [-0.15, -0.1) is 12.4 Å². The Bertz CT molecular complexity index is 114. The topological polar surface area (TPSA) is 21.6 Å². The van der Waals surface area contributed by atoms with Crippen LogP contribution in [0, 0.1) is 0 Å². The lowest BCUT2D eigenvalue weighted by molar-refractivity contribution is 0.495. The fraction of sp³-hybridized carbons (Fsp3) is 0. The molecule has 0 bridgehead atoms. The number of nitrogens with zero attached hydrogens (tertiary/aromatic N) is 1. The molecule has 8 heavy (non-hydrogen) atoms. The average molecular weight is 132 g/mol. The minimum Gasteiger partial charge on any atom is -0.453 e. The van der Waals surface area contributed by atoms with Gasteiger partial charge in [0.15, 0.2) is 6.40 Å². The van der Waals surface area contributed by atoms with E-state index in [9.17, 15) is 0 Å². The number of aliphatic imine (C=N–C) groups is 1. The molecule has 0 saturated carbocycles. The van der Waals surface area contributed by atoms with Gasteiger partial charge in [0.2, 0.25) is 0 Å². The molecular formula is C5H6ClNO. The van der Waals surface area contributed by atoms with Gasteiger partial charge in [-0.25, -0.2) is 4.99 Å². The summed E-state index contributed by atoms with van der Waals surface area (Å²) in [5.41, 5.74) is 0. The highest BCUT2D eigenvalue weighted by molar-refractivity contribution is 5.85. The van der Waals surface area contributed by atoms with Gasteiger partial charge in [0.25, 0.3) is 0 Å². The monoisotopic (exact) mass is 131 g/mol. The second-order valence-corrected chi connectivity index (χ2v) is 1.06. The van der Waals surface area contributed by atoms with Gasteiger partial charge in [0.05, 0.1) is 6.26 Å². The first kappa shape index (κ1) is 7.24. The van der Waals surface area contributed by atoms with Gasteiger partial charge in [-0.3, -0.25) is 0 Å². The van der Waals surface area contributed by atoms with Gasteiger partial charge in [-0.1, -0.05) is 0 Å². The van der Waals surface area contributed by atoms with E-state index in [0.717, 1.165) is 0 Å². The molecule has 0 aliphatic carbocycles. The van der Waals surface area contributed by atoms with Crippen molar-refractivity contribution in [3.05, 3.63) is 24.6 Å². The third kappa shape index (κ3) is 2.42. The van der Waals surface area contributed by atoms with Gasteiger partial charge in [-0.2, -0.15) is 0 Å². The summed E-state index contributed by atoms with van der Waals surface area (Å²) in [5.74, 6) is 0. The second-order valence-electron chi connectivity index (χ2n) is 1.06. The molecule has 0 saturated heterocycles. The quantitative estimate of drug-likeness (QED) is 0.488. The lowest BCUT2D eigenvalue weighted by Crippen LogP contribution is -1.68. The molecule has 1 aliphatic heterocycles. The van der Waals surface area contributed by atoms with Crippen molar-refractivity contribution in [1.82, 2.24) is 0 Å². The highest BCUT2D eigenvalue weighted by Gasteiger charge is 1.70. The van der Waals surface area contributed by atoms with E-state index in [-0.39, 0.29) is 12.4 Å². The molecule has 1 rings (SSSR count). The van der Waals surface area contributed by atoms with Crippen molar-refractivity contribution in [3.8, 4) is 0 Å². The number of allylic oxidation sites excluding steroid dienone is 2. The molecule has 0 radical (unpaired) electrons. The van der Waals surface area contributed by atoms with E-state index in [1.165, 1.54) is 6.40 Å². The van der Waals surface area contributed by atoms with E-state index < -0.39 is 0 Å². The zero-order chi connectivity index (χ0) is 4.95. The number of hydrogen-bond donors (Lipinski definition) is 0. The van der Waals surface area contributed by atoms with Crippen LogP contribution in [0.15, 0.2) is 29.6 Å². The van der Waals surface area contributed by atoms with Gasteiger partial charge < -0.3 is 4.74 Å². The number of rotatable bonds is 0. The summed E-state index contributed by atoms with van der Waals surface area (Å²) >= 11 is 0. The van der Waals surface area contributed by atoms with Crippen molar-refractivity contribution in [2.75, 3.05) is 0 Å². The molecule has 0 aromatic heterocycles. The maximum Gasteiger partial charge on any atom is 0.180 e. The summed E-state index contributed by atoms with van der Waals surface area (Å²) in [6.07, 6.45) is 8.16. The molecule has 0 amide bonds. The molecule has 2 nitrogen and oxygen atoms in total. The van der Waals surface area contributed by atoms with Crippen LogP contribution in [-0.4, -0.2) is 6.40 Å². The van der Waals surface area contributed by atoms with Gasteiger partial charge >= 0.3 is 0 Å². The maximum atomic E-state index is 4.66. The predicted molar refractivity (Wildman–Crippen MR) is 35.1 cm³/mol. The molecule has 0 unspecified atom stereocenters. The summed E-state index contributed by atoms with van der Waals surface area (Å²) in [6.45, 7) is 0. The molecule has 0 aromatic carbocycles. The Morgan fingerprint density at radius 1 is 1.25 bits per heavy atom. The van der Waals surface area contributed by atoms with Crippen LogP contribution in [0.4, 0.5) is 0 Å². The zero-order valence-electron chi connectivity index (χ0n) is 4.15. The molecule has 3 heteroatoms. The van der Waals surface area contributed by atoms with E-state index in [1.54, 1.807) is 24.6 Å². The summed E-state index contributed by atoms with van der Waals surface area (Å²) in [6, 6.07) is 0. The molecule has 0 fully saturated rings. The van der Waals surface area contributed by atoms with E-state index in [4.69, 9.17) is 0 Å². The summed E-state index contributed by atoms with van der Waals surface area (Å²) in [5, 5.41) is 0. The van der Waals surface area contributed by atoms with Crippen LogP contribution in [0.3, 0.4) is 0 Å². The normalized spacial score (nSPS) is 14.0. The number of ether oxygens (including phenoxy) is 1. The Balaban J connectivity index is 0.000000490. The third-order valence-electron chi connectivity index (χ3n) is 0.562. The molecule has 44 valence electrons. The maximum absolute atomic E-state index is 4.66. The van der Waals surface area contributed by atoms with E-state index in [2.05, 4.69) is 9.73 Å². The van der Waals surface area contributed by atoms with Crippen molar-refractivity contribution >= 4 is 18.8 Å². The highest BCUT2D eigenvalue weighted by Crippen LogP contribution is 1.83. The fourth-order valence-corrected chi connectivity index (χ4v) is 0.296. The van der Waals surface area contributed by atoms with Crippen molar-refractivity contribution in [1.29, 1.82) is 0 Å². The second kappa shape index (κ2) is 4.40. The lowest BCUT2D eigenvalue weighted by atomic mass is 10.6. The SMILES string of the molecule is C1=CN=COC=C1.Cl. The van der Waals surface area contributed by atoms with Crippen LogP contribution < -0.4 is 0 Å². The molecular weight excluding hydrogens is 126 g/mol. The Morgan fingerprint density at radius 3 is 3.00 bits per heavy atom. The molecule has 1 aliphatic rings. The molecule has 0 spiro atoms. The summed E-state index contributed by atoms with van der Waals surface area (Å²) in [7, 11) is 0. The molecule has 1 heterocycles. The van der Waals surface area contributed by atoms with Crippen molar-refractivity contribution in [3.63, 3.8) is 0 Å². The first-order chi connectivity index (χ1) is 3.50. The highest BCUT2D eigenvalue weighted by atomic mass is 35.5. The Labute approximate surface area is 54.0 Å². The third-order valence-corrected chi connectivity index (χ3v) is 0.562. The summed E-state index contributed by atoms with van der Waals surface area (Å²) in [4.78, 5) is 3.68. The molecule has 0 atom stereocenters. The van der Waals surface area contributed by atoms with Crippen molar-refractivity contribution in [2.24, 2.45) is 4.99 Å². The van der Waals surface area contributed by atoms with Crippen molar-refractivity contribution in [2.45, 2.75) is 0 Å². The minimum absolute atomic E-state index is 0. The van der Waals surface area contributed by atoms with E-state index in [1.807, 2.05) is 0 Å².